The SMILES string of the molecule is CN1CCOCC1C(=O)N1CCCC1. The molecule has 0 N–H and O–H groups in total. The zero-order chi connectivity index (χ0) is 9.97. The summed E-state index contributed by atoms with van der Waals surface area (Å²) >= 11 is 0. The zero-order valence-corrected chi connectivity index (χ0v) is 8.74. The molecule has 1 unspecified atom stereocenters. The second-order valence-corrected chi connectivity index (χ2v) is 4.10. The quantitative estimate of drug-likeness (QED) is 0.592. The number of likely N-dealkylation sites (N-methyl/N-ethyl adjacent to an activating group) is 1. The van der Waals surface area contributed by atoms with Gasteiger partial charge in [0.05, 0.1) is 13.2 Å². The first-order valence-electron chi connectivity index (χ1n) is 5.36. The molecule has 80 valence electrons. The molecule has 2 heterocycles. The molecule has 1 atom stereocenters. The summed E-state index contributed by atoms with van der Waals surface area (Å²) in [6.45, 7) is 4.04. The Morgan fingerprint density at radius 3 is 2.64 bits per heavy atom. The number of hydrogen-bond acceptors (Lipinski definition) is 3. The number of nitrogens with zero attached hydrogens (tertiary/aromatic N) is 2. The number of carbonyl (C=O) groups excluding carboxylic acids is 1. The lowest BCUT2D eigenvalue weighted by atomic mass is 10.2. The van der Waals surface area contributed by atoms with Crippen LogP contribution in [0.1, 0.15) is 12.8 Å². The van der Waals surface area contributed by atoms with Crippen LogP contribution in [0.5, 0.6) is 0 Å². The van der Waals surface area contributed by atoms with E-state index in [2.05, 4.69) is 4.90 Å². The van der Waals surface area contributed by atoms with Crippen molar-refractivity contribution in [3.8, 4) is 0 Å². The molecule has 0 aromatic heterocycles. The molecule has 2 rings (SSSR count). The Balaban J connectivity index is 1.94. The van der Waals surface area contributed by atoms with Gasteiger partial charge in [-0.15, -0.1) is 0 Å². The second kappa shape index (κ2) is 4.28. The third-order valence-corrected chi connectivity index (χ3v) is 3.10. The van der Waals surface area contributed by atoms with E-state index in [4.69, 9.17) is 4.74 Å². The summed E-state index contributed by atoms with van der Waals surface area (Å²) in [6.07, 6.45) is 2.31. The highest BCUT2D eigenvalue weighted by Crippen LogP contribution is 2.13. The average Bonchev–Trinajstić information content (AvgIpc) is 2.70. The molecule has 2 fully saturated rings. The van der Waals surface area contributed by atoms with Gasteiger partial charge in [0.15, 0.2) is 0 Å². The van der Waals surface area contributed by atoms with Crippen molar-refractivity contribution in [2.45, 2.75) is 18.9 Å². The van der Waals surface area contributed by atoms with E-state index >= 15 is 0 Å². The molecule has 4 nitrogen and oxygen atoms in total. The fourth-order valence-corrected chi connectivity index (χ4v) is 2.09. The van der Waals surface area contributed by atoms with Crippen LogP contribution in [0.2, 0.25) is 0 Å². The van der Waals surface area contributed by atoms with Crippen LogP contribution in [0.25, 0.3) is 0 Å². The first kappa shape index (κ1) is 9.93. The molecule has 0 bridgehead atoms. The molecule has 0 aromatic rings. The van der Waals surface area contributed by atoms with Crippen LogP contribution in [0.15, 0.2) is 0 Å². The van der Waals surface area contributed by atoms with Crippen LogP contribution in [-0.2, 0) is 9.53 Å². The van der Waals surface area contributed by atoms with Crippen molar-refractivity contribution >= 4 is 5.91 Å². The van der Waals surface area contributed by atoms with E-state index < -0.39 is 0 Å². The van der Waals surface area contributed by atoms with Gasteiger partial charge < -0.3 is 9.64 Å². The van der Waals surface area contributed by atoms with Crippen molar-refractivity contribution in [1.29, 1.82) is 0 Å². The van der Waals surface area contributed by atoms with Crippen molar-refractivity contribution in [2.24, 2.45) is 0 Å². The van der Waals surface area contributed by atoms with Gasteiger partial charge in [-0.3, -0.25) is 9.69 Å². The summed E-state index contributed by atoms with van der Waals surface area (Å²) in [7, 11) is 2.00. The Morgan fingerprint density at radius 1 is 1.29 bits per heavy atom. The van der Waals surface area contributed by atoms with E-state index in [-0.39, 0.29) is 11.9 Å². The molecular weight excluding hydrogens is 180 g/mol. The Labute approximate surface area is 84.8 Å². The maximum absolute atomic E-state index is 12.0. The summed E-state index contributed by atoms with van der Waals surface area (Å²) in [6, 6.07) is -0.0400. The van der Waals surface area contributed by atoms with Crippen LogP contribution in [-0.4, -0.2) is 61.6 Å². The van der Waals surface area contributed by atoms with Crippen LogP contribution >= 0.6 is 0 Å². The Hall–Kier alpha value is -0.610. The fourth-order valence-electron chi connectivity index (χ4n) is 2.09. The number of amides is 1. The minimum atomic E-state index is -0.0400. The predicted molar refractivity (Wildman–Crippen MR) is 53.1 cm³/mol. The number of likely N-dealkylation sites (tertiary alicyclic amines) is 1. The Bertz CT molecular complexity index is 214. The molecule has 14 heavy (non-hydrogen) atoms. The van der Waals surface area contributed by atoms with Crippen molar-refractivity contribution < 1.29 is 9.53 Å². The highest BCUT2D eigenvalue weighted by atomic mass is 16.5. The van der Waals surface area contributed by atoms with Crippen molar-refractivity contribution in [3.63, 3.8) is 0 Å². The maximum Gasteiger partial charge on any atom is 0.242 e. The molecule has 2 saturated heterocycles. The lowest BCUT2D eigenvalue weighted by Crippen LogP contribution is -2.52. The molecule has 0 spiro atoms. The maximum atomic E-state index is 12.0. The zero-order valence-electron chi connectivity index (χ0n) is 8.74. The largest absolute Gasteiger partial charge is 0.378 e. The number of rotatable bonds is 1. The minimum Gasteiger partial charge on any atom is -0.378 e. The summed E-state index contributed by atoms with van der Waals surface area (Å²) in [4.78, 5) is 16.1. The highest BCUT2D eigenvalue weighted by molar-refractivity contribution is 5.82. The van der Waals surface area contributed by atoms with Crippen molar-refractivity contribution in [1.82, 2.24) is 9.80 Å². The van der Waals surface area contributed by atoms with Gasteiger partial charge in [-0.2, -0.15) is 0 Å². The van der Waals surface area contributed by atoms with Crippen LogP contribution in [0.3, 0.4) is 0 Å². The molecule has 0 saturated carbocycles. The molecule has 0 aliphatic carbocycles. The molecule has 2 aliphatic rings. The van der Waals surface area contributed by atoms with Gasteiger partial charge >= 0.3 is 0 Å². The fraction of sp³-hybridized carbons (Fsp3) is 0.900. The third-order valence-electron chi connectivity index (χ3n) is 3.10. The van der Waals surface area contributed by atoms with Gasteiger partial charge in [-0.05, 0) is 19.9 Å². The topological polar surface area (TPSA) is 32.8 Å². The van der Waals surface area contributed by atoms with Crippen molar-refractivity contribution in [3.05, 3.63) is 0 Å². The van der Waals surface area contributed by atoms with Gasteiger partial charge in [0.1, 0.15) is 6.04 Å². The number of morpholine rings is 1. The number of ether oxygens (including phenoxy) is 1. The average molecular weight is 198 g/mol. The van der Waals surface area contributed by atoms with E-state index in [0.29, 0.717) is 6.61 Å². The lowest BCUT2D eigenvalue weighted by molar-refractivity contribution is -0.140. The summed E-state index contributed by atoms with van der Waals surface area (Å²) in [5.41, 5.74) is 0. The molecular formula is C10H18N2O2. The minimum absolute atomic E-state index is 0.0400. The van der Waals surface area contributed by atoms with E-state index in [0.717, 1.165) is 39.1 Å². The van der Waals surface area contributed by atoms with Gasteiger partial charge in [-0.25, -0.2) is 0 Å². The number of carbonyl (C=O) groups is 1. The van der Waals surface area contributed by atoms with Crippen molar-refractivity contribution in [2.75, 3.05) is 39.9 Å². The third kappa shape index (κ3) is 1.91. The van der Waals surface area contributed by atoms with Gasteiger partial charge in [0, 0.05) is 19.6 Å². The standard InChI is InChI=1S/C10H18N2O2/c1-11-6-7-14-8-9(11)10(13)12-4-2-3-5-12/h9H,2-8H2,1H3. The van der Waals surface area contributed by atoms with Gasteiger partial charge in [0.2, 0.25) is 5.91 Å². The smallest absolute Gasteiger partial charge is 0.242 e. The molecule has 4 heteroatoms. The lowest BCUT2D eigenvalue weighted by Gasteiger charge is -2.33. The summed E-state index contributed by atoms with van der Waals surface area (Å²) < 4.78 is 5.34. The first-order valence-corrected chi connectivity index (χ1v) is 5.36. The summed E-state index contributed by atoms with van der Waals surface area (Å²) in [5, 5.41) is 0. The molecule has 2 aliphatic heterocycles. The van der Waals surface area contributed by atoms with Crippen LogP contribution in [0, 0.1) is 0 Å². The normalized spacial score (nSPS) is 29.5. The van der Waals surface area contributed by atoms with E-state index in [1.54, 1.807) is 0 Å². The van der Waals surface area contributed by atoms with E-state index in [1.165, 1.54) is 0 Å². The first-order chi connectivity index (χ1) is 6.79. The highest BCUT2D eigenvalue weighted by Gasteiger charge is 2.31. The molecule has 0 aromatic carbocycles. The molecule has 0 radical (unpaired) electrons. The van der Waals surface area contributed by atoms with Crippen LogP contribution in [0.4, 0.5) is 0 Å². The molecule has 1 amide bonds. The van der Waals surface area contributed by atoms with E-state index in [9.17, 15) is 4.79 Å². The van der Waals surface area contributed by atoms with Gasteiger partial charge in [-0.1, -0.05) is 0 Å². The van der Waals surface area contributed by atoms with Crippen LogP contribution < -0.4 is 0 Å². The van der Waals surface area contributed by atoms with Gasteiger partial charge in [0.25, 0.3) is 0 Å². The summed E-state index contributed by atoms with van der Waals surface area (Å²) in [5.74, 6) is 0.254. The second-order valence-electron chi connectivity index (χ2n) is 4.10. The van der Waals surface area contributed by atoms with E-state index in [1.807, 2.05) is 11.9 Å². The Kier molecular flexibility index (Phi) is 3.03. The monoisotopic (exact) mass is 198 g/mol. The Morgan fingerprint density at radius 2 is 2.00 bits per heavy atom. The number of hydrogen-bond donors (Lipinski definition) is 0. The predicted octanol–water partition coefficient (Wildman–Crippen LogP) is -0.0606.